The van der Waals surface area contributed by atoms with Gasteiger partial charge in [-0.1, -0.05) is 18.2 Å². The molecule has 7 nitrogen and oxygen atoms in total. The highest BCUT2D eigenvalue weighted by atomic mass is 16.7. The zero-order valence-corrected chi connectivity index (χ0v) is 18.0. The molecule has 0 aliphatic carbocycles. The molecule has 0 bridgehead atoms. The Kier molecular flexibility index (Phi) is 4.69. The molecule has 1 aromatic heterocycles. The van der Waals surface area contributed by atoms with Crippen LogP contribution in [0.15, 0.2) is 70.1 Å². The molecule has 4 aromatic rings. The monoisotopic (exact) mass is 443 g/mol. The van der Waals surface area contributed by atoms with E-state index in [-0.39, 0.29) is 12.2 Å². The Hall–Kier alpha value is -3.97. The standard InChI is InChI=1S/C26H21NO6/c1-29-18-5-3-17(4-6-18)21-13-30-26-19(25(21)28)7-9-22-20(26)12-27(14-31-22)11-16-2-8-23-24(10-16)33-15-32-23/h2-10,13H,11-12,14-15H2,1H3. The number of fused-ring (bicyclic) bond motifs is 4. The van der Waals surface area contributed by atoms with E-state index in [1.165, 1.54) is 6.26 Å². The van der Waals surface area contributed by atoms with Crippen LogP contribution in [0.1, 0.15) is 11.1 Å². The van der Waals surface area contributed by atoms with Gasteiger partial charge in [0.15, 0.2) is 11.5 Å². The van der Waals surface area contributed by atoms with Crippen LogP contribution in [0.4, 0.5) is 0 Å². The van der Waals surface area contributed by atoms with E-state index in [0.29, 0.717) is 36.4 Å². The molecule has 3 heterocycles. The summed E-state index contributed by atoms with van der Waals surface area (Å²) < 4.78 is 28.1. The molecular weight excluding hydrogens is 422 g/mol. The number of hydrogen-bond acceptors (Lipinski definition) is 7. The van der Waals surface area contributed by atoms with Gasteiger partial charge in [0.05, 0.1) is 23.6 Å². The van der Waals surface area contributed by atoms with Crippen LogP contribution in [0.2, 0.25) is 0 Å². The summed E-state index contributed by atoms with van der Waals surface area (Å²) in [4.78, 5) is 15.4. The Morgan fingerprint density at radius 2 is 1.76 bits per heavy atom. The molecule has 0 atom stereocenters. The van der Waals surface area contributed by atoms with Crippen molar-refractivity contribution < 1.29 is 23.4 Å². The number of hydrogen-bond donors (Lipinski definition) is 0. The maximum absolute atomic E-state index is 13.3. The van der Waals surface area contributed by atoms with E-state index in [2.05, 4.69) is 4.90 Å². The molecule has 2 aliphatic heterocycles. The number of nitrogens with zero attached hydrogens (tertiary/aromatic N) is 1. The third-order valence-corrected chi connectivity index (χ3v) is 6.03. The molecule has 0 amide bonds. The zero-order chi connectivity index (χ0) is 22.4. The molecule has 6 rings (SSSR count). The summed E-state index contributed by atoms with van der Waals surface area (Å²) in [5.74, 6) is 3.00. The SMILES string of the molecule is COc1ccc(-c2coc3c4c(ccc3c2=O)OCN(Cc2ccc3c(c2)OCO3)C4)cc1. The normalized spacial score (nSPS) is 14.7. The second-order valence-corrected chi connectivity index (χ2v) is 8.07. The van der Waals surface area contributed by atoms with Crippen molar-refractivity contribution in [2.75, 3.05) is 20.6 Å². The van der Waals surface area contributed by atoms with Crippen LogP contribution in [0.5, 0.6) is 23.0 Å². The topological polar surface area (TPSA) is 70.4 Å². The molecule has 0 unspecified atom stereocenters. The van der Waals surface area contributed by atoms with Crippen molar-refractivity contribution in [1.82, 2.24) is 4.90 Å². The van der Waals surface area contributed by atoms with E-state index in [1.54, 1.807) is 13.2 Å². The average molecular weight is 443 g/mol. The van der Waals surface area contributed by atoms with Crippen LogP contribution >= 0.6 is 0 Å². The molecule has 166 valence electrons. The van der Waals surface area contributed by atoms with Gasteiger partial charge in [0.25, 0.3) is 0 Å². The van der Waals surface area contributed by atoms with Crippen LogP contribution in [-0.4, -0.2) is 25.5 Å². The highest BCUT2D eigenvalue weighted by molar-refractivity contribution is 5.85. The molecule has 3 aromatic carbocycles. The fraction of sp³-hybridized carbons (Fsp3) is 0.192. The molecule has 0 radical (unpaired) electrons. The minimum atomic E-state index is -0.0721. The number of methoxy groups -OCH3 is 1. The van der Waals surface area contributed by atoms with Gasteiger partial charge in [-0.2, -0.15) is 0 Å². The second-order valence-electron chi connectivity index (χ2n) is 8.07. The number of ether oxygens (including phenoxy) is 4. The molecular formula is C26H21NO6. The summed E-state index contributed by atoms with van der Waals surface area (Å²) >= 11 is 0. The van der Waals surface area contributed by atoms with E-state index in [4.69, 9.17) is 23.4 Å². The van der Waals surface area contributed by atoms with Crippen molar-refractivity contribution in [1.29, 1.82) is 0 Å². The van der Waals surface area contributed by atoms with Crippen molar-refractivity contribution in [3.63, 3.8) is 0 Å². The van der Waals surface area contributed by atoms with E-state index < -0.39 is 0 Å². The lowest BCUT2D eigenvalue weighted by atomic mass is 10.0. The summed E-state index contributed by atoms with van der Waals surface area (Å²) in [6, 6.07) is 16.9. The van der Waals surface area contributed by atoms with Gasteiger partial charge in [0, 0.05) is 13.1 Å². The summed E-state index contributed by atoms with van der Waals surface area (Å²) in [5, 5.41) is 0.538. The van der Waals surface area contributed by atoms with E-state index in [1.807, 2.05) is 48.5 Å². The Morgan fingerprint density at radius 1 is 0.939 bits per heavy atom. The fourth-order valence-corrected chi connectivity index (χ4v) is 4.32. The minimum Gasteiger partial charge on any atom is -0.497 e. The van der Waals surface area contributed by atoms with Crippen LogP contribution < -0.4 is 24.4 Å². The lowest BCUT2D eigenvalue weighted by Gasteiger charge is -2.29. The first-order valence-electron chi connectivity index (χ1n) is 10.6. The van der Waals surface area contributed by atoms with Gasteiger partial charge in [-0.3, -0.25) is 9.69 Å². The van der Waals surface area contributed by atoms with Gasteiger partial charge in [-0.15, -0.1) is 0 Å². The largest absolute Gasteiger partial charge is 0.497 e. The summed E-state index contributed by atoms with van der Waals surface area (Å²) in [5.41, 5.74) is 3.75. The van der Waals surface area contributed by atoms with Crippen molar-refractivity contribution in [2.45, 2.75) is 13.1 Å². The molecule has 2 aliphatic rings. The van der Waals surface area contributed by atoms with Crippen molar-refractivity contribution in [3.8, 4) is 34.1 Å². The smallest absolute Gasteiger partial charge is 0.231 e. The molecule has 7 heteroatoms. The molecule has 0 saturated heterocycles. The first-order valence-corrected chi connectivity index (χ1v) is 10.6. The molecule has 0 fully saturated rings. The Balaban J connectivity index is 1.32. The highest BCUT2D eigenvalue weighted by Crippen LogP contribution is 2.35. The first kappa shape index (κ1) is 19.7. The summed E-state index contributed by atoms with van der Waals surface area (Å²) in [7, 11) is 1.61. The van der Waals surface area contributed by atoms with Gasteiger partial charge >= 0.3 is 0 Å². The maximum Gasteiger partial charge on any atom is 0.231 e. The first-order chi connectivity index (χ1) is 16.2. The Bertz CT molecular complexity index is 1410. The predicted molar refractivity (Wildman–Crippen MR) is 122 cm³/mol. The highest BCUT2D eigenvalue weighted by Gasteiger charge is 2.23. The zero-order valence-electron chi connectivity index (χ0n) is 18.0. The molecule has 0 spiro atoms. The Morgan fingerprint density at radius 3 is 2.61 bits per heavy atom. The maximum atomic E-state index is 13.3. The molecule has 0 saturated carbocycles. The van der Waals surface area contributed by atoms with Crippen LogP contribution in [-0.2, 0) is 13.1 Å². The number of rotatable bonds is 4. The third-order valence-electron chi connectivity index (χ3n) is 6.03. The molecule has 33 heavy (non-hydrogen) atoms. The van der Waals surface area contributed by atoms with E-state index >= 15 is 0 Å². The third kappa shape index (κ3) is 3.47. The molecule has 0 N–H and O–H groups in total. The summed E-state index contributed by atoms with van der Waals surface area (Å²) in [6.45, 7) is 1.97. The minimum absolute atomic E-state index is 0.0721. The van der Waals surface area contributed by atoms with Gasteiger partial charge in [-0.05, 0) is 47.5 Å². The van der Waals surface area contributed by atoms with Crippen molar-refractivity contribution in [2.24, 2.45) is 0 Å². The van der Waals surface area contributed by atoms with Gasteiger partial charge in [0.1, 0.15) is 30.1 Å². The summed E-state index contributed by atoms with van der Waals surface area (Å²) in [6.07, 6.45) is 1.53. The second kappa shape index (κ2) is 7.86. The van der Waals surface area contributed by atoms with Gasteiger partial charge in [-0.25, -0.2) is 0 Å². The lowest BCUT2D eigenvalue weighted by molar-refractivity contribution is 0.0889. The quantitative estimate of drug-likeness (QED) is 0.458. The fourth-order valence-electron chi connectivity index (χ4n) is 4.32. The van der Waals surface area contributed by atoms with Crippen LogP contribution in [0.3, 0.4) is 0 Å². The van der Waals surface area contributed by atoms with E-state index in [0.717, 1.165) is 39.7 Å². The van der Waals surface area contributed by atoms with Crippen molar-refractivity contribution in [3.05, 3.63) is 82.2 Å². The number of benzene rings is 3. The average Bonchev–Trinajstić information content (AvgIpc) is 3.32. The predicted octanol–water partition coefficient (Wildman–Crippen LogP) is 4.55. The van der Waals surface area contributed by atoms with Crippen LogP contribution in [0.25, 0.3) is 22.1 Å². The van der Waals surface area contributed by atoms with E-state index in [9.17, 15) is 4.79 Å². The van der Waals surface area contributed by atoms with Gasteiger partial charge in [0.2, 0.25) is 12.2 Å². The van der Waals surface area contributed by atoms with Crippen LogP contribution in [0, 0.1) is 0 Å². The van der Waals surface area contributed by atoms with Gasteiger partial charge < -0.3 is 23.4 Å². The van der Waals surface area contributed by atoms with Crippen molar-refractivity contribution >= 4 is 11.0 Å². The lowest BCUT2D eigenvalue weighted by Crippen LogP contribution is -2.31. The Labute approximate surface area is 189 Å².